The van der Waals surface area contributed by atoms with Crippen molar-refractivity contribution in [3.8, 4) is 0 Å². The largest absolute Gasteiger partial charge is 0.459 e. The zero-order chi connectivity index (χ0) is 20.8. The first-order chi connectivity index (χ1) is 13.4. The third-order valence-electron chi connectivity index (χ3n) is 4.51. The number of aliphatic hydroxyl groups is 6. The fourth-order valence-corrected chi connectivity index (χ4v) is 3.04. The van der Waals surface area contributed by atoms with E-state index in [0.29, 0.717) is 0 Å². The zero-order valence-electron chi connectivity index (χ0n) is 14.7. The quantitative estimate of drug-likeness (QED) is 0.199. The van der Waals surface area contributed by atoms with Gasteiger partial charge in [0.15, 0.2) is 18.7 Å². The first-order valence-corrected chi connectivity index (χ1v) is 8.56. The topological polar surface area (TPSA) is 185 Å². The molecule has 164 valence electrons. The molecule has 2 aliphatic heterocycles. The standard InChI is InChI=1S/C15H25FO12/c16-1-2-24-15-13(10(22)8(20)6(3-17)27-15)28-14-11(23)12(25-5-19)9(21)7(4-18)26-14/h5-15,17-18,20-23H,1-4H2/t6-,7+,8+,9+,10-,11-,12-,13-,14+,15-/m0/s1. The van der Waals surface area contributed by atoms with E-state index in [0.717, 1.165) is 0 Å². The summed E-state index contributed by atoms with van der Waals surface area (Å²) in [6.07, 6.45) is -15.3. The van der Waals surface area contributed by atoms with Crippen molar-refractivity contribution in [2.45, 2.75) is 61.4 Å². The molecule has 0 aliphatic carbocycles. The molecule has 0 unspecified atom stereocenters. The third-order valence-corrected chi connectivity index (χ3v) is 4.51. The summed E-state index contributed by atoms with van der Waals surface area (Å²) in [7, 11) is 0. The molecule has 0 spiro atoms. The van der Waals surface area contributed by atoms with Crippen molar-refractivity contribution in [1.29, 1.82) is 0 Å². The summed E-state index contributed by atoms with van der Waals surface area (Å²) in [4.78, 5) is 10.6. The maximum absolute atomic E-state index is 12.5. The van der Waals surface area contributed by atoms with Gasteiger partial charge in [-0.1, -0.05) is 0 Å². The van der Waals surface area contributed by atoms with Crippen LogP contribution in [0.5, 0.6) is 0 Å². The van der Waals surface area contributed by atoms with E-state index in [2.05, 4.69) is 4.74 Å². The van der Waals surface area contributed by atoms with E-state index in [4.69, 9.17) is 18.9 Å². The Balaban J connectivity index is 2.19. The van der Waals surface area contributed by atoms with E-state index in [1.54, 1.807) is 0 Å². The van der Waals surface area contributed by atoms with Gasteiger partial charge in [-0.2, -0.15) is 0 Å². The lowest BCUT2D eigenvalue weighted by Gasteiger charge is -2.46. The van der Waals surface area contributed by atoms with Gasteiger partial charge in [-0.3, -0.25) is 4.79 Å². The van der Waals surface area contributed by atoms with Crippen LogP contribution in [0.25, 0.3) is 0 Å². The molecule has 2 rings (SSSR count). The van der Waals surface area contributed by atoms with E-state index in [1.165, 1.54) is 0 Å². The monoisotopic (exact) mass is 416 g/mol. The molecular formula is C15H25FO12. The molecule has 0 radical (unpaired) electrons. The average molecular weight is 416 g/mol. The normalized spacial score (nSPS) is 44.2. The summed E-state index contributed by atoms with van der Waals surface area (Å²) in [6.45, 7) is -2.75. The molecule has 10 atom stereocenters. The Hall–Kier alpha value is -1.00. The van der Waals surface area contributed by atoms with Crippen molar-refractivity contribution < 1.29 is 63.5 Å². The van der Waals surface area contributed by atoms with Gasteiger partial charge >= 0.3 is 0 Å². The van der Waals surface area contributed by atoms with Crippen LogP contribution in [0.4, 0.5) is 4.39 Å². The van der Waals surface area contributed by atoms with Crippen molar-refractivity contribution in [1.82, 2.24) is 0 Å². The molecule has 2 heterocycles. The van der Waals surface area contributed by atoms with Crippen LogP contribution in [-0.2, 0) is 28.5 Å². The Kier molecular flexibility index (Phi) is 8.88. The van der Waals surface area contributed by atoms with E-state index in [1.807, 2.05) is 0 Å². The third kappa shape index (κ3) is 4.94. The molecule has 12 nitrogen and oxygen atoms in total. The highest BCUT2D eigenvalue weighted by Crippen LogP contribution is 2.30. The fraction of sp³-hybridized carbons (Fsp3) is 0.933. The molecule has 0 aromatic rings. The van der Waals surface area contributed by atoms with Crippen LogP contribution in [0.2, 0.25) is 0 Å². The number of carbonyl (C=O) groups excluding carboxylic acids is 1. The summed E-state index contributed by atoms with van der Waals surface area (Å²) in [6, 6.07) is 0. The van der Waals surface area contributed by atoms with Crippen molar-refractivity contribution in [3.63, 3.8) is 0 Å². The molecule has 0 saturated carbocycles. The second-order valence-electron chi connectivity index (χ2n) is 6.27. The van der Waals surface area contributed by atoms with Crippen molar-refractivity contribution in [2.75, 3.05) is 26.5 Å². The summed E-state index contributed by atoms with van der Waals surface area (Å²) < 4.78 is 38.1. The van der Waals surface area contributed by atoms with Crippen LogP contribution in [0.1, 0.15) is 0 Å². The lowest BCUT2D eigenvalue weighted by molar-refractivity contribution is -0.367. The maximum Gasteiger partial charge on any atom is 0.293 e. The van der Waals surface area contributed by atoms with Crippen LogP contribution >= 0.6 is 0 Å². The van der Waals surface area contributed by atoms with Gasteiger partial charge in [-0.05, 0) is 0 Å². The van der Waals surface area contributed by atoms with Crippen LogP contribution in [0.3, 0.4) is 0 Å². The second-order valence-corrected chi connectivity index (χ2v) is 6.27. The number of halogens is 1. The number of alkyl halides is 1. The maximum atomic E-state index is 12.5. The van der Waals surface area contributed by atoms with E-state index in [9.17, 15) is 39.8 Å². The molecule has 6 N–H and O–H groups in total. The first-order valence-electron chi connectivity index (χ1n) is 8.56. The Bertz CT molecular complexity index is 484. The van der Waals surface area contributed by atoms with Crippen LogP contribution in [0.15, 0.2) is 0 Å². The van der Waals surface area contributed by atoms with Gasteiger partial charge in [0, 0.05) is 0 Å². The summed E-state index contributed by atoms with van der Waals surface area (Å²) in [5.41, 5.74) is 0. The molecular weight excluding hydrogens is 391 g/mol. The molecule has 0 aromatic carbocycles. The lowest BCUT2D eigenvalue weighted by atomic mass is 9.97. The molecule has 28 heavy (non-hydrogen) atoms. The van der Waals surface area contributed by atoms with Gasteiger partial charge in [-0.25, -0.2) is 4.39 Å². The SMILES string of the molecule is O=CO[C@@H]1[C@H](O)[C@@H](O[C@@H]2[C@@H](OCCF)O[C@@H](CO)[C@@H](O)[C@@H]2O)O[C@H](CO)[C@H]1O. The number of hydrogen-bond acceptors (Lipinski definition) is 12. The molecule has 13 heteroatoms. The van der Waals surface area contributed by atoms with Gasteiger partial charge in [0.2, 0.25) is 0 Å². The minimum absolute atomic E-state index is 0.0186. The van der Waals surface area contributed by atoms with Crippen molar-refractivity contribution in [3.05, 3.63) is 0 Å². The number of ether oxygens (including phenoxy) is 5. The minimum Gasteiger partial charge on any atom is -0.459 e. The average Bonchev–Trinajstić information content (AvgIpc) is 2.69. The number of carbonyl (C=O) groups is 1. The Morgan fingerprint density at radius 2 is 1.46 bits per heavy atom. The first kappa shape index (κ1) is 23.3. The van der Waals surface area contributed by atoms with E-state index >= 15 is 0 Å². The highest BCUT2D eigenvalue weighted by Gasteiger charge is 2.51. The Morgan fingerprint density at radius 3 is 2.04 bits per heavy atom. The predicted octanol–water partition coefficient (Wildman–Crippen LogP) is -4.22. The van der Waals surface area contributed by atoms with Crippen LogP contribution in [0, 0.1) is 0 Å². The zero-order valence-corrected chi connectivity index (χ0v) is 14.7. The Morgan fingerprint density at radius 1 is 0.857 bits per heavy atom. The Labute approximate surface area is 158 Å². The van der Waals surface area contributed by atoms with Crippen LogP contribution in [-0.4, -0.2) is 125 Å². The van der Waals surface area contributed by atoms with Crippen molar-refractivity contribution >= 4 is 6.47 Å². The molecule has 2 aliphatic rings. The fourth-order valence-electron chi connectivity index (χ4n) is 3.04. The molecule has 2 saturated heterocycles. The van der Waals surface area contributed by atoms with Gasteiger partial charge in [0.25, 0.3) is 6.47 Å². The highest BCUT2D eigenvalue weighted by molar-refractivity contribution is 5.38. The van der Waals surface area contributed by atoms with Gasteiger partial charge in [-0.15, -0.1) is 0 Å². The smallest absolute Gasteiger partial charge is 0.293 e. The molecule has 0 bridgehead atoms. The van der Waals surface area contributed by atoms with E-state index < -0.39 is 87.9 Å². The summed E-state index contributed by atoms with van der Waals surface area (Å²) >= 11 is 0. The van der Waals surface area contributed by atoms with Crippen LogP contribution < -0.4 is 0 Å². The number of rotatable bonds is 9. The predicted molar refractivity (Wildman–Crippen MR) is 83.3 cm³/mol. The highest BCUT2D eigenvalue weighted by atomic mass is 19.1. The molecule has 0 aromatic heterocycles. The van der Waals surface area contributed by atoms with Crippen molar-refractivity contribution in [2.24, 2.45) is 0 Å². The van der Waals surface area contributed by atoms with E-state index in [-0.39, 0.29) is 6.47 Å². The minimum atomic E-state index is -1.75. The molecule has 0 amide bonds. The summed E-state index contributed by atoms with van der Waals surface area (Å²) in [5.74, 6) is 0. The second kappa shape index (κ2) is 10.7. The number of aliphatic hydroxyl groups excluding tert-OH is 6. The van der Waals surface area contributed by atoms with Gasteiger partial charge in [0.05, 0.1) is 19.8 Å². The lowest BCUT2D eigenvalue weighted by Crippen LogP contribution is -2.65. The van der Waals surface area contributed by atoms with Gasteiger partial charge < -0.3 is 54.3 Å². The summed E-state index contributed by atoms with van der Waals surface area (Å²) in [5, 5.41) is 59.1. The number of hydrogen-bond donors (Lipinski definition) is 6. The van der Waals surface area contributed by atoms with Gasteiger partial charge in [0.1, 0.15) is 49.4 Å². The molecule has 2 fully saturated rings.